The van der Waals surface area contributed by atoms with Crippen LogP contribution in [0.5, 0.6) is 0 Å². The lowest BCUT2D eigenvalue weighted by molar-refractivity contribution is -0.113. The Morgan fingerprint density at radius 2 is 1.84 bits per heavy atom. The minimum atomic E-state index is -0.386. The third-order valence-corrected chi connectivity index (χ3v) is 4.83. The molecule has 25 heavy (non-hydrogen) atoms. The van der Waals surface area contributed by atoms with Crippen LogP contribution in [0.1, 0.15) is 22.8 Å². The van der Waals surface area contributed by atoms with Crippen LogP contribution in [-0.4, -0.2) is 22.8 Å². The van der Waals surface area contributed by atoms with Crippen molar-refractivity contribution in [2.45, 2.75) is 6.92 Å². The Bertz CT molecular complexity index is 845. The lowest BCUT2D eigenvalue weighted by Crippen LogP contribution is -2.27. The van der Waals surface area contributed by atoms with Gasteiger partial charge in [0, 0.05) is 0 Å². The van der Waals surface area contributed by atoms with Crippen molar-refractivity contribution >= 4 is 51.9 Å². The lowest BCUT2D eigenvalue weighted by atomic mass is 10.2. The van der Waals surface area contributed by atoms with Crippen LogP contribution >= 0.6 is 24.0 Å². The van der Waals surface area contributed by atoms with E-state index in [0.717, 1.165) is 5.56 Å². The van der Waals surface area contributed by atoms with Crippen LogP contribution in [0.3, 0.4) is 0 Å². The molecule has 1 fully saturated rings. The summed E-state index contributed by atoms with van der Waals surface area (Å²) in [5, 5.41) is 0. The number of carbonyl (C=O) groups excluding carboxylic acids is 2. The van der Waals surface area contributed by atoms with Crippen molar-refractivity contribution in [3.05, 3.63) is 70.6 Å². The molecule has 0 atom stereocenters. The van der Waals surface area contributed by atoms with Crippen LogP contribution in [0.4, 0.5) is 5.69 Å². The summed E-state index contributed by atoms with van der Waals surface area (Å²) < 4.78 is 5.43. The van der Waals surface area contributed by atoms with Gasteiger partial charge in [-0.25, -0.2) is 4.79 Å². The Kier molecular flexibility index (Phi) is 5.31. The monoisotopic (exact) mass is 369 g/mol. The van der Waals surface area contributed by atoms with E-state index >= 15 is 0 Å². The minimum Gasteiger partial charge on any atom is -0.462 e. The molecule has 2 aromatic carbocycles. The molecule has 1 aliphatic heterocycles. The molecule has 0 aliphatic carbocycles. The summed E-state index contributed by atoms with van der Waals surface area (Å²) in [6, 6.07) is 16.3. The first kappa shape index (κ1) is 17.4. The van der Waals surface area contributed by atoms with Crippen LogP contribution < -0.4 is 4.90 Å². The molecule has 3 rings (SSSR count). The number of amides is 1. The molecule has 0 unspecified atom stereocenters. The Hall–Kier alpha value is -2.44. The molecule has 0 N–H and O–H groups in total. The normalized spacial score (nSPS) is 15.7. The standard InChI is InChI=1S/C19H15NO3S2/c1-2-23-18(22)14-8-10-15(11-9-14)20-17(21)16(25-19(20)24)12-13-6-4-3-5-7-13/h3-12H,2H2,1H3/b16-12+. The SMILES string of the molecule is CCOC(=O)c1ccc(N2C(=O)/C(=C\c3ccccc3)SC2=S)cc1. The highest BCUT2D eigenvalue weighted by Gasteiger charge is 2.33. The maximum Gasteiger partial charge on any atom is 0.338 e. The van der Waals surface area contributed by atoms with E-state index in [1.807, 2.05) is 36.4 Å². The van der Waals surface area contributed by atoms with Crippen molar-refractivity contribution in [1.29, 1.82) is 0 Å². The molecule has 0 spiro atoms. The molecule has 2 aromatic rings. The van der Waals surface area contributed by atoms with Gasteiger partial charge in [0.2, 0.25) is 0 Å². The predicted molar refractivity (Wildman–Crippen MR) is 104 cm³/mol. The number of esters is 1. The second kappa shape index (κ2) is 7.63. The zero-order valence-corrected chi connectivity index (χ0v) is 15.1. The first-order valence-electron chi connectivity index (χ1n) is 7.70. The van der Waals surface area contributed by atoms with E-state index in [9.17, 15) is 9.59 Å². The fourth-order valence-electron chi connectivity index (χ4n) is 2.35. The highest BCUT2D eigenvalue weighted by atomic mass is 32.2. The molecular formula is C19H15NO3S2. The number of rotatable bonds is 4. The molecule has 0 bridgehead atoms. The first-order valence-corrected chi connectivity index (χ1v) is 8.93. The molecule has 0 saturated carbocycles. The number of thiocarbonyl (C=S) groups is 1. The maximum absolute atomic E-state index is 12.7. The van der Waals surface area contributed by atoms with Crippen LogP contribution in [0.2, 0.25) is 0 Å². The molecule has 0 aromatic heterocycles. The van der Waals surface area contributed by atoms with Gasteiger partial charge < -0.3 is 4.74 Å². The summed E-state index contributed by atoms with van der Waals surface area (Å²) in [4.78, 5) is 26.5. The lowest BCUT2D eigenvalue weighted by Gasteiger charge is -2.14. The van der Waals surface area contributed by atoms with Gasteiger partial charge >= 0.3 is 5.97 Å². The van der Waals surface area contributed by atoms with Crippen molar-refractivity contribution in [1.82, 2.24) is 0 Å². The Labute approximate surface area is 155 Å². The molecule has 1 aliphatic rings. The summed E-state index contributed by atoms with van der Waals surface area (Å²) in [6.07, 6.45) is 1.83. The van der Waals surface area contributed by atoms with Gasteiger partial charge in [-0.3, -0.25) is 9.69 Å². The van der Waals surface area contributed by atoms with Gasteiger partial charge in [0.25, 0.3) is 5.91 Å². The maximum atomic E-state index is 12.7. The van der Waals surface area contributed by atoms with E-state index in [-0.39, 0.29) is 11.9 Å². The van der Waals surface area contributed by atoms with E-state index in [2.05, 4.69) is 0 Å². The van der Waals surface area contributed by atoms with Gasteiger partial charge in [-0.1, -0.05) is 54.3 Å². The van der Waals surface area contributed by atoms with Crippen LogP contribution in [0.25, 0.3) is 6.08 Å². The van der Waals surface area contributed by atoms with Gasteiger partial charge in [-0.05, 0) is 42.8 Å². The van der Waals surface area contributed by atoms with Crippen molar-refractivity contribution in [3.8, 4) is 0 Å². The molecular weight excluding hydrogens is 354 g/mol. The number of hydrogen-bond donors (Lipinski definition) is 0. The Balaban J connectivity index is 1.83. The second-order valence-corrected chi connectivity index (χ2v) is 6.87. The summed E-state index contributed by atoms with van der Waals surface area (Å²) >= 11 is 6.62. The van der Waals surface area contributed by atoms with Gasteiger partial charge in [-0.15, -0.1) is 0 Å². The quantitative estimate of drug-likeness (QED) is 0.458. The number of ether oxygens (including phenoxy) is 1. The molecule has 0 radical (unpaired) electrons. The highest BCUT2D eigenvalue weighted by Crippen LogP contribution is 2.36. The van der Waals surface area contributed by atoms with Crippen molar-refractivity contribution in [2.75, 3.05) is 11.5 Å². The average molecular weight is 369 g/mol. The van der Waals surface area contributed by atoms with Crippen molar-refractivity contribution < 1.29 is 14.3 Å². The van der Waals surface area contributed by atoms with Crippen LogP contribution in [0.15, 0.2) is 59.5 Å². The number of benzene rings is 2. The highest BCUT2D eigenvalue weighted by molar-refractivity contribution is 8.27. The number of anilines is 1. The third kappa shape index (κ3) is 3.81. The molecule has 126 valence electrons. The van der Waals surface area contributed by atoms with Crippen LogP contribution in [-0.2, 0) is 9.53 Å². The average Bonchev–Trinajstić information content (AvgIpc) is 2.90. The zero-order chi connectivity index (χ0) is 17.8. The van der Waals surface area contributed by atoms with E-state index < -0.39 is 0 Å². The summed E-state index contributed by atoms with van der Waals surface area (Å²) in [7, 11) is 0. The fourth-order valence-corrected chi connectivity index (χ4v) is 3.65. The van der Waals surface area contributed by atoms with Crippen molar-refractivity contribution in [3.63, 3.8) is 0 Å². The molecule has 1 saturated heterocycles. The molecule has 4 nitrogen and oxygen atoms in total. The van der Waals surface area contributed by atoms with Crippen LogP contribution in [0, 0.1) is 0 Å². The number of carbonyl (C=O) groups is 2. The van der Waals surface area contributed by atoms with E-state index in [4.69, 9.17) is 17.0 Å². The van der Waals surface area contributed by atoms with Crippen molar-refractivity contribution in [2.24, 2.45) is 0 Å². The predicted octanol–water partition coefficient (Wildman–Crippen LogP) is 4.27. The number of hydrogen-bond acceptors (Lipinski definition) is 5. The van der Waals surface area contributed by atoms with Gasteiger partial charge in [0.1, 0.15) is 0 Å². The minimum absolute atomic E-state index is 0.164. The van der Waals surface area contributed by atoms with E-state index in [1.54, 1.807) is 31.2 Å². The first-order chi connectivity index (χ1) is 12.1. The zero-order valence-electron chi connectivity index (χ0n) is 13.5. The number of thioether (sulfide) groups is 1. The van der Waals surface area contributed by atoms with Gasteiger partial charge in [-0.2, -0.15) is 0 Å². The number of nitrogens with zero attached hydrogens (tertiary/aromatic N) is 1. The van der Waals surface area contributed by atoms with E-state index in [1.165, 1.54) is 16.7 Å². The molecule has 1 heterocycles. The smallest absolute Gasteiger partial charge is 0.338 e. The Morgan fingerprint density at radius 1 is 1.16 bits per heavy atom. The molecule has 6 heteroatoms. The molecule has 1 amide bonds. The van der Waals surface area contributed by atoms with Gasteiger partial charge in [0.05, 0.1) is 22.8 Å². The summed E-state index contributed by atoms with van der Waals surface area (Å²) in [5.41, 5.74) is 2.02. The van der Waals surface area contributed by atoms with E-state index in [0.29, 0.717) is 27.1 Å². The summed E-state index contributed by atoms with van der Waals surface area (Å²) in [5.74, 6) is -0.550. The largest absolute Gasteiger partial charge is 0.462 e. The fraction of sp³-hybridized carbons (Fsp3) is 0.105. The second-order valence-electron chi connectivity index (χ2n) is 5.20. The topological polar surface area (TPSA) is 46.6 Å². The Morgan fingerprint density at radius 3 is 2.48 bits per heavy atom. The third-order valence-electron chi connectivity index (χ3n) is 3.53. The summed E-state index contributed by atoms with van der Waals surface area (Å²) in [6.45, 7) is 2.07. The van der Waals surface area contributed by atoms with Gasteiger partial charge in [0.15, 0.2) is 4.32 Å².